The second-order valence-electron chi connectivity index (χ2n) is 18.5. The fraction of sp³-hybridized carbons (Fsp3) is 0.568. The highest BCUT2D eigenvalue weighted by Gasteiger charge is 2.90. The van der Waals surface area contributed by atoms with Crippen molar-refractivity contribution in [3.63, 3.8) is 0 Å². The molecule has 0 aliphatic carbocycles. The Morgan fingerprint density at radius 2 is 0.841 bits per heavy atom. The van der Waals surface area contributed by atoms with Crippen molar-refractivity contribution in [2.75, 3.05) is 44.4 Å². The molecule has 4 aliphatic heterocycles. The number of nitrogens with zero attached hydrogens (tertiary/aromatic N) is 5. The van der Waals surface area contributed by atoms with Gasteiger partial charge in [0.2, 0.25) is 0 Å². The number of rotatable bonds is 4. The van der Waals surface area contributed by atoms with E-state index in [0.29, 0.717) is 5.67 Å². The first-order valence-electron chi connectivity index (χ1n) is 16.7. The lowest BCUT2D eigenvalue weighted by molar-refractivity contribution is 0.389. The summed E-state index contributed by atoms with van der Waals surface area (Å²) in [6, 6.07) is 18.9. The highest BCUT2D eigenvalue weighted by molar-refractivity contribution is 7.51. The van der Waals surface area contributed by atoms with Crippen molar-refractivity contribution < 1.29 is 0 Å². The van der Waals surface area contributed by atoms with Crippen molar-refractivity contribution >= 4 is 38.7 Å². The molecule has 1 fully saturated rings. The molecular weight excluding hydrogens is 571 g/mol. The topological polar surface area (TPSA) is 16.2 Å². The van der Waals surface area contributed by atoms with Crippen LogP contribution >= 0.6 is 0 Å². The summed E-state index contributed by atoms with van der Waals surface area (Å²) in [5.74, 6) is 0. The number of hydrogen-bond acceptors (Lipinski definition) is 5. The van der Waals surface area contributed by atoms with Crippen molar-refractivity contribution in [1.29, 1.82) is 0 Å². The zero-order valence-corrected chi connectivity index (χ0v) is 31.6. The van der Waals surface area contributed by atoms with Crippen LogP contribution in [-0.4, -0.2) is 52.4 Å². The number of benzene rings is 2. The number of anilines is 4. The van der Waals surface area contributed by atoms with Gasteiger partial charge < -0.3 is 22.8 Å². The van der Waals surface area contributed by atoms with Gasteiger partial charge in [0.05, 0.1) is 28.4 Å². The maximum absolute atomic E-state index is 3.04. The highest BCUT2D eigenvalue weighted by Crippen LogP contribution is 2.63. The van der Waals surface area contributed by atoms with Crippen molar-refractivity contribution in [2.24, 2.45) is 21.7 Å². The second kappa shape index (κ2) is 9.92. The summed E-state index contributed by atoms with van der Waals surface area (Å²) in [7, 11) is -5.33. The van der Waals surface area contributed by atoms with Gasteiger partial charge in [-0.05, 0) is 58.2 Å². The number of hydrogen-bond donors (Lipinski definition) is 0. The van der Waals surface area contributed by atoms with E-state index in [1.807, 2.05) is 0 Å². The SMILES string of the molecule is CC(C)(C)CN1c2ccccc2N(CC(C)(C)C)[Si]12C1C=CC=CN1[Si]21N(CC(C)(C)C)c2ccccc2N1CC(C)(C)C. The summed E-state index contributed by atoms with van der Waals surface area (Å²) < 4.78 is 15.0. The summed E-state index contributed by atoms with van der Waals surface area (Å²) in [4.78, 5) is 0. The molecule has 1 saturated heterocycles. The van der Waals surface area contributed by atoms with E-state index in [2.05, 4.69) is 179 Å². The van der Waals surface area contributed by atoms with Crippen LogP contribution in [0, 0.1) is 21.7 Å². The van der Waals surface area contributed by atoms with Gasteiger partial charge in [-0.15, -0.1) is 0 Å². The van der Waals surface area contributed by atoms with Crippen LogP contribution in [0.2, 0.25) is 0 Å². The predicted octanol–water partition coefficient (Wildman–Crippen LogP) is 8.59. The Kier molecular flexibility index (Phi) is 7.07. The van der Waals surface area contributed by atoms with Gasteiger partial charge in [0.1, 0.15) is 0 Å². The van der Waals surface area contributed by atoms with Crippen molar-refractivity contribution in [3.8, 4) is 0 Å². The Labute approximate surface area is 270 Å². The Balaban J connectivity index is 1.75. The van der Waals surface area contributed by atoms with Crippen LogP contribution in [0.25, 0.3) is 0 Å². The summed E-state index contributed by atoms with van der Waals surface area (Å²) in [5.41, 5.74) is 6.71. The van der Waals surface area contributed by atoms with E-state index in [1.165, 1.54) is 22.7 Å². The van der Waals surface area contributed by atoms with E-state index in [1.54, 1.807) is 0 Å². The van der Waals surface area contributed by atoms with E-state index >= 15 is 0 Å². The Bertz CT molecular complexity index is 1270. The molecule has 6 rings (SSSR count). The summed E-state index contributed by atoms with van der Waals surface area (Å²) in [6.45, 7) is 33.4. The first kappa shape index (κ1) is 31.3. The lowest BCUT2D eigenvalue weighted by Crippen LogP contribution is -3.07. The van der Waals surface area contributed by atoms with E-state index in [4.69, 9.17) is 0 Å². The van der Waals surface area contributed by atoms with E-state index in [0.717, 1.165) is 26.2 Å². The quantitative estimate of drug-likeness (QED) is 0.315. The molecule has 0 amide bonds. The lowest BCUT2D eigenvalue weighted by Gasteiger charge is -2.73. The van der Waals surface area contributed by atoms with Crippen LogP contribution in [0.3, 0.4) is 0 Å². The molecule has 0 bridgehead atoms. The van der Waals surface area contributed by atoms with Gasteiger partial charge >= 0.3 is 16.0 Å². The zero-order valence-electron chi connectivity index (χ0n) is 29.6. The van der Waals surface area contributed by atoms with Gasteiger partial charge in [0.15, 0.2) is 0 Å². The monoisotopic (exact) mass is 627 g/mol. The normalized spacial score (nSPS) is 21.7. The molecule has 2 aromatic carbocycles. The average Bonchev–Trinajstić information content (AvgIpc) is 3.30. The van der Waals surface area contributed by atoms with Crippen LogP contribution in [0.1, 0.15) is 83.1 Å². The summed E-state index contributed by atoms with van der Waals surface area (Å²) >= 11 is 0. The molecule has 2 spiro atoms. The molecule has 0 N–H and O–H groups in total. The van der Waals surface area contributed by atoms with E-state index in [9.17, 15) is 0 Å². The molecule has 7 heteroatoms. The fourth-order valence-corrected chi connectivity index (χ4v) is 29.8. The molecule has 44 heavy (non-hydrogen) atoms. The molecule has 0 radical (unpaired) electrons. The van der Waals surface area contributed by atoms with Gasteiger partial charge in [-0.2, -0.15) is 0 Å². The molecule has 1 atom stereocenters. The van der Waals surface area contributed by atoms with Crippen LogP contribution in [0.5, 0.6) is 0 Å². The van der Waals surface area contributed by atoms with Gasteiger partial charge in [0.25, 0.3) is 0 Å². The van der Waals surface area contributed by atoms with Crippen LogP contribution in [0.4, 0.5) is 22.7 Å². The minimum Gasteiger partial charge on any atom is -0.375 e. The predicted molar refractivity (Wildman–Crippen MR) is 196 cm³/mol. The smallest absolute Gasteiger partial charge is 0.375 e. The number of fused-ring (bicyclic) bond motifs is 6. The van der Waals surface area contributed by atoms with Crippen molar-refractivity contribution in [3.05, 3.63) is 73.0 Å². The molecule has 4 aliphatic rings. The second-order valence-corrected chi connectivity index (χ2v) is 28.7. The van der Waals surface area contributed by atoms with Crippen molar-refractivity contribution in [1.82, 2.24) is 4.57 Å². The van der Waals surface area contributed by atoms with Gasteiger partial charge in [-0.25, -0.2) is 0 Å². The molecule has 4 heterocycles. The number of para-hydroxylation sites is 4. The summed E-state index contributed by atoms with van der Waals surface area (Å²) in [6.07, 6.45) is 9.72. The fourth-order valence-electron chi connectivity index (χ4n) is 8.34. The van der Waals surface area contributed by atoms with Crippen LogP contribution in [-0.2, 0) is 0 Å². The Morgan fingerprint density at radius 3 is 1.20 bits per heavy atom. The molecule has 238 valence electrons. The molecule has 5 nitrogen and oxygen atoms in total. The minimum absolute atomic E-state index is 0.135. The Hall–Kier alpha value is -2.65. The van der Waals surface area contributed by atoms with Gasteiger partial charge in [0, 0.05) is 26.2 Å². The van der Waals surface area contributed by atoms with E-state index < -0.39 is 16.0 Å². The minimum atomic E-state index is -2.71. The standard InChI is InChI=1S/C37H57N5Si2/c1-34(2,3)25-39-29-19-13-14-20-30(29)40(26-35(4,5)6)43(39)33-23-17-18-24-38(33)44(43)41(27-36(7,8)9)31-21-15-16-22-32(31)42(44)28-37(10,11)12/h13-24,33H,25-28H2,1-12H3. The number of allylic oxidation sites excluding steroid dienone is 2. The molecule has 1 unspecified atom stereocenters. The maximum atomic E-state index is 3.04. The molecule has 0 saturated carbocycles. The average molecular weight is 628 g/mol. The first-order valence-corrected chi connectivity index (χ1v) is 21.5. The largest absolute Gasteiger partial charge is 0.410 e. The lowest BCUT2D eigenvalue weighted by atomic mass is 9.96. The third-order valence-electron chi connectivity index (χ3n) is 9.25. The Morgan fingerprint density at radius 1 is 0.500 bits per heavy atom. The molecular formula is C37H57N5Si2. The van der Waals surface area contributed by atoms with Gasteiger partial charge in [-0.3, -0.25) is 0 Å². The van der Waals surface area contributed by atoms with Crippen LogP contribution < -0.4 is 18.3 Å². The molecule has 2 aromatic rings. The van der Waals surface area contributed by atoms with E-state index in [-0.39, 0.29) is 21.7 Å². The zero-order chi connectivity index (χ0) is 32.1. The highest BCUT2D eigenvalue weighted by atomic mass is 29.3. The first-order chi connectivity index (χ1) is 20.3. The maximum Gasteiger partial charge on any atom is 0.410 e. The van der Waals surface area contributed by atoms with Crippen LogP contribution in [0.15, 0.2) is 73.0 Å². The summed E-state index contributed by atoms with van der Waals surface area (Å²) in [5, 5.41) is 0. The molecule has 0 aromatic heterocycles. The third-order valence-corrected chi connectivity index (χ3v) is 25.5. The third kappa shape index (κ3) is 4.67. The van der Waals surface area contributed by atoms with Gasteiger partial charge in [-0.1, -0.05) is 120 Å². The van der Waals surface area contributed by atoms with Crippen molar-refractivity contribution in [2.45, 2.75) is 88.7 Å².